The molecule has 6 nitrogen and oxygen atoms in total. The summed E-state index contributed by atoms with van der Waals surface area (Å²) in [6.45, 7) is 0. The zero-order chi connectivity index (χ0) is 14.8. The van der Waals surface area contributed by atoms with Crippen LogP contribution >= 0.6 is 0 Å². The molecule has 1 saturated carbocycles. The van der Waals surface area contributed by atoms with Crippen molar-refractivity contribution < 1.29 is 4.79 Å². The predicted octanol–water partition coefficient (Wildman–Crippen LogP) is 1.69. The number of carbonyl (C=O) groups is 1. The van der Waals surface area contributed by atoms with Crippen LogP contribution in [-0.2, 0) is 0 Å². The normalized spacial score (nSPS) is 13.5. The van der Waals surface area contributed by atoms with Gasteiger partial charge in [-0.05, 0) is 37.1 Å². The summed E-state index contributed by atoms with van der Waals surface area (Å²) in [7, 11) is 0. The number of nitrogens with zero attached hydrogens (tertiary/aromatic N) is 3. The van der Waals surface area contributed by atoms with E-state index < -0.39 is 5.91 Å². The minimum Gasteiger partial charge on any atom is -0.382 e. The number of benzene rings is 1. The molecule has 1 aliphatic rings. The van der Waals surface area contributed by atoms with Crippen molar-refractivity contribution in [3.63, 3.8) is 0 Å². The van der Waals surface area contributed by atoms with E-state index in [1.54, 1.807) is 24.3 Å². The molecule has 1 heterocycles. The summed E-state index contributed by atoms with van der Waals surface area (Å²) in [6.07, 6.45) is 3.62. The van der Waals surface area contributed by atoms with Gasteiger partial charge in [0.25, 0.3) is 5.91 Å². The molecule has 6 heteroatoms. The zero-order valence-electron chi connectivity index (χ0n) is 11.2. The van der Waals surface area contributed by atoms with Crippen molar-refractivity contribution in [2.75, 3.05) is 5.32 Å². The molecule has 1 aromatic carbocycles. The summed E-state index contributed by atoms with van der Waals surface area (Å²) in [6, 6.07) is 9.27. The maximum Gasteiger partial charge on any atom is 0.251 e. The van der Waals surface area contributed by atoms with Crippen molar-refractivity contribution in [3.05, 3.63) is 41.6 Å². The fourth-order valence-electron chi connectivity index (χ4n) is 2.12. The molecule has 3 rings (SSSR count). The van der Waals surface area contributed by atoms with E-state index in [1.165, 1.54) is 6.20 Å². The van der Waals surface area contributed by atoms with E-state index in [0.29, 0.717) is 22.9 Å². The van der Waals surface area contributed by atoms with Crippen LogP contribution in [0.25, 0.3) is 11.3 Å². The summed E-state index contributed by atoms with van der Waals surface area (Å²) >= 11 is 0. The lowest BCUT2D eigenvalue weighted by atomic mass is 10.0. The van der Waals surface area contributed by atoms with Crippen molar-refractivity contribution in [1.82, 2.24) is 10.2 Å². The van der Waals surface area contributed by atoms with Gasteiger partial charge in [0.2, 0.25) is 0 Å². The lowest BCUT2D eigenvalue weighted by Crippen LogP contribution is -2.14. The Morgan fingerprint density at radius 3 is 2.86 bits per heavy atom. The van der Waals surface area contributed by atoms with E-state index in [1.807, 2.05) is 0 Å². The molecule has 0 bridgehead atoms. The molecule has 1 aromatic heterocycles. The van der Waals surface area contributed by atoms with Crippen LogP contribution in [-0.4, -0.2) is 22.1 Å². The maximum atomic E-state index is 11.5. The van der Waals surface area contributed by atoms with Gasteiger partial charge in [0.15, 0.2) is 0 Å². The molecule has 1 fully saturated rings. The summed E-state index contributed by atoms with van der Waals surface area (Å²) in [5, 5.41) is 20.3. The molecule has 2 aromatic rings. The topological polar surface area (TPSA) is 105 Å². The molecule has 0 aliphatic heterocycles. The van der Waals surface area contributed by atoms with Crippen molar-refractivity contribution in [3.8, 4) is 17.3 Å². The minimum atomic E-state index is -0.554. The average molecular weight is 279 g/mol. The fraction of sp³-hybridized carbons (Fsp3) is 0.200. The quantitative estimate of drug-likeness (QED) is 0.886. The molecule has 0 radical (unpaired) electrons. The Hall–Kier alpha value is -2.94. The fourth-order valence-corrected chi connectivity index (χ4v) is 2.12. The molecular formula is C15H13N5O. The largest absolute Gasteiger partial charge is 0.382 e. The van der Waals surface area contributed by atoms with E-state index >= 15 is 0 Å². The van der Waals surface area contributed by atoms with Gasteiger partial charge >= 0.3 is 0 Å². The number of rotatable bonds is 4. The standard InChI is InChI=1S/C15H13N5O/c16-8-9-1-4-11(13(7-9)19-10-2-3-10)14-12(15(17)21)5-6-18-20-14/h1,4-7,10,19H,2-3H2,(H2,17,21). The number of primary amides is 1. The van der Waals surface area contributed by atoms with Crippen LogP contribution in [0.3, 0.4) is 0 Å². The molecule has 1 aliphatic carbocycles. The molecule has 104 valence electrons. The van der Waals surface area contributed by atoms with Gasteiger partial charge in [-0.2, -0.15) is 10.4 Å². The SMILES string of the molecule is N#Cc1ccc(-c2nnccc2C(N)=O)c(NC2CC2)c1. The summed E-state index contributed by atoms with van der Waals surface area (Å²) in [4.78, 5) is 11.5. The second-order valence-electron chi connectivity index (χ2n) is 4.95. The van der Waals surface area contributed by atoms with Crippen LogP contribution in [0.15, 0.2) is 30.5 Å². The van der Waals surface area contributed by atoms with Crippen molar-refractivity contribution in [2.24, 2.45) is 5.73 Å². The van der Waals surface area contributed by atoms with Gasteiger partial charge < -0.3 is 11.1 Å². The number of nitriles is 1. The number of amides is 1. The number of hydrogen-bond donors (Lipinski definition) is 2. The Morgan fingerprint density at radius 2 is 2.19 bits per heavy atom. The smallest absolute Gasteiger partial charge is 0.251 e. The van der Waals surface area contributed by atoms with Gasteiger partial charge in [-0.3, -0.25) is 4.79 Å². The van der Waals surface area contributed by atoms with Crippen LogP contribution in [0.4, 0.5) is 5.69 Å². The van der Waals surface area contributed by atoms with Gasteiger partial charge in [0.1, 0.15) is 5.69 Å². The highest BCUT2D eigenvalue weighted by Crippen LogP contribution is 2.33. The van der Waals surface area contributed by atoms with Crippen molar-refractivity contribution >= 4 is 11.6 Å². The minimum absolute atomic E-state index is 0.313. The molecule has 3 N–H and O–H groups in total. The van der Waals surface area contributed by atoms with Crippen LogP contribution in [0.2, 0.25) is 0 Å². The van der Waals surface area contributed by atoms with Gasteiger partial charge in [0, 0.05) is 17.3 Å². The van der Waals surface area contributed by atoms with Crippen molar-refractivity contribution in [2.45, 2.75) is 18.9 Å². The number of anilines is 1. The summed E-state index contributed by atoms with van der Waals surface area (Å²) in [5.74, 6) is -0.554. The highest BCUT2D eigenvalue weighted by Gasteiger charge is 2.23. The highest BCUT2D eigenvalue weighted by molar-refractivity contribution is 6.00. The Labute approximate surface area is 121 Å². The average Bonchev–Trinajstić information content (AvgIpc) is 3.31. The van der Waals surface area contributed by atoms with Gasteiger partial charge in [-0.25, -0.2) is 0 Å². The Kier molecular flexibility index (Phi) is 3.24. The Morgan fingerprint density at radius 1 is 1.38 bits per heavy atom. The first-order valence-electron chi connectivity index (χ1n) is 6.61. The predicted molar refractivity (Wildman–Crippen MR) is 77.3 cm³/mol. The maximum absolute atomic E-state index is 11.5. The molecule has 0 atom stereocenters. The first-order chi connectivity index (χ1) is 10.2. The Balaban J connectivity index is 2.13. The Bertz CT molecular complexity index is 746. The van der Waals surface area contributed by atoms with E-state index in [9.17, 15) is 4.79 Å². The van der Waals surface area contributed by atoms with Crippen LogP contribution in [0.1, 0.15) is 28.8 Å². The van der Waals surface area contributed by atoms with Gasteiger partial charge in [0.05, 0.1) is 23.4 Å². The van der Waals surface area contributed by atoms with Crippen LogP contribution < -0.4 is 11.1 Å². The third-order valence-electron chi connectivity index (χ3n) is 3.33. The van der Waals surface area contributed by atoms with E-state index in [-0.39, 0.29) is 0 Å². The molecule has 21 heavy (non-hydrogen) atoms. The molecule has 0 saturated heterocycles. The first-order valence-corrected chi connectivity index (χ1v) is 6.61. The van der Waals surface area contributed by atoms with Gasteiger partial charge in [-0.1, -0.05) is 0 Å². The second kappa shape index (κ2) is 5.21. The van der Waals surface area contributed by atoms with Crippen molar-refractivity contribution in [1.29, 1.82) is 5.26 Å². The molecule has 0 spiro atoms. The third kappa shape index (κ3) is 2.67. The zero-order valence-corrected chi connectivity index (χ0v) is 11.2. The van der Waals surface area contributed by atoms with E-state index in [2.05, 4.69) is 21.6 Å². The number of nitrogens with two attached hydrogens (primary N) is 1. The molecule has 1 amide bonds. The second-order valence-corrected chi connectivity index (χ2v) is 4.95. The molecular weight excluding hydrogens is 266 g/mol. The molecule has 0 unspecified atom stereocenters. The number of nitrogens with one attached hydrogen (secondary N) is 1. The van der Waals surface area contributed by atoms with Gasteiger partial charge in [-0.15, -0.1) is 5.10 Å². The number of carbonyl (C=O) groups excluding carboxylic acids is 1. The number of aromatic nitrogens is 2. The highest BCUT2D eigenvalue weighted by atomic mass is 16.1. The van der Waals surface area contributed by atoms with Crippen LogP contribution in [0.5, 0.6) is 0 Å². The summed E-state index contributed by atoms with van der Waals surface area (Å²) in [5.41, 5.74) is 8.18. The summed E-state index contributed by atoms with van der Waals surface area (Å²) < 4.78 is 0. The van der Waals surface area contributed by atoms with E-state index in [4.69, 9.17) is 11.0 Å². The first kappa shape index (κ1) is 13.1. The van der Waals surface area contributed by atoms with E-state index in [0.717, 1.165) is 24.1 Å². The lowest BCUT2D eigenvalue weighted by Gasteiger charge is -2.12. The third-order valence-corrected chi connectivity index (χ3v) is 3.33. The van der Waals surface area contributed by atoms with Crippen LogP contribution in [0, 0.1) is 11.3 Å². The lowest BCUT2D eigenvalue weighted by molar-refractivity contribution is 0.100. The number of hydrogen-bond acceptors (Lipinski definition) is 5. The monoisotopic (exact) mass is 279 g/mol.